The van der Waals surface area contributed by atoms with Crippen molar-refractivity contribution in [2.75, 3.05) is 0 Å². The number of carbonyl (C=O) groups excluding carboxylic acids is 1. The molecule has 120 valence electrons. The smallest absolute Gasteiger partial charge is 0.272 e. The molecule has 3 N–H and O–H groups in total. The molecule has 0 radical (unpaired) electrons. The Morgan fingerprint density at radius 2 is 1.62 bits per heavy atom. The minimum atomic E-state index is -0.630. The maximum atomic E-state index is 13.6. The highest BCUT2D eigenvalue weighted by atomic mass is 19.1. The standard InChI is InChI=1S/C19H15FN2O2/c1-12(21-22-19(24)16-8-4-5-9-17(16)20)14-11-10-13-6-2-3-7-15(13)18(14)23/h2-11,21,23H,1H2,(H,22,24). The number of phenols is 1. The van der Waals surface area contributed by atoms with Crippen LogP contribution in [0.25, 0.3) is 16.5 Å². The van der Waals surface area contributed by atoms with Gasteiger partial charge in [0, 0.05) is 10.9 Å². The molecule has 1 amide bonds. The minimum absolute atomic E-state index is 0.0609. The summed E-state index contributed by atoms with van der Waals surface area (Å²) < 4.78 is 13.6. The zero-order chi connectivity index (χ0) is 17.1. The lowest BCUT2D eigenvalue weighted by molar-refractivity contribution is 0.0938. The van der Waals surface area contributed by atoms with Gasteiger partial charge in [-0.2, -0.15) is 0 Å². The van der Waals surface area contributed by atoms with Gasteiger partial charge >= 0.3 is 0 Å². The number of rotatable bonds is 4. The van der Waals surface area contributed by atoms with E-state index in [1.165, 1.54) is 18.2 Å². The van der Waals surface area contributed by atoms with Crippen molar-refractivity contribution in [1.29, 1.82) is 0 Å². The monoisotopic (exact) mass is 322 g/mol. The first-order valence-corrected chi connectivity index (χ1v) is 7.29. The summed E-state index contributed by atoms with van der Waals surface area (Å²) in [5, 5.41) is 11.9. The van der Waals surface area contributed by atoms with Crippen LogP contribution in [0.2, 0.25) is 0 Å². The van der Waals surface area contributed by atoms with Crippen LogP contribution in [0.5, 0.6) is 5.75 Å². The fraction of sp³-hybridized carbons (Fsp3) is 0. The summed E-state index contributed by atoms with van der Waals surface area (Å²) in [5.41, 5.74) is 5.64. The summed E-state index contributed by atoms with van der Waals surface area (Å²) in [6.07, 6.45) is 0. The van der Waals surface area contributed by atoms with Gasteiger partial charge in [-0.15, -0.1) is 0 Å². The Hall–Kier alpha value is -3.34. The predicted octanol–water partition coefficient (Wildman–Crippen LogP) is 3.59. The minimum Gasteiger partial charge on any atom is -0.507 e. The first-order chi connectivity index (χ1) is 11.6. The molecule has 0 unspecified atom stereocenters. The van der Waals surface area contributed by atoms with Gasteiger partial charge in [-0.3, -0.25) is 15.6 Å². The normalized spacial score (nSPS) is 10.4. The van der Waals surface area contributed by atoms with E-state index in [4.69, 9.17) is 0 Å². The molecule has 0 saturated carbocycles. The molecular weight excluding hydrogens is 307 g/mol. The van der Waals surface area contributed by atoms with E-state index in [-0.39, 0.29) is 11.3 Å². The first-order valence-electron chi connectivity index (χ1n) is 7.29. The van der Waals surface area contributed by atoms with E-state index < -0.39 is 11.7 Å². The quantitative estimate of drug-likeness (QED) is 0.643. The number of nitrogens with one attached hydrogen (secondary N) is 2. The van der Waals surface area contributed by atoms with Crippen molar-refractivity contribution in [3.63, 3.8) is 0 Å². The molecule has 24 heavy (non-hydrogen) atoms. The highest BCUT2D eigenvalue weighted by Gasteiger charge is 2.12. The number of hydrogen-bond acceptors (Lipinski definition) is 3. The summed E-state index contributed by atoms with van der Waals surface area (Å²) in [6, 6.07) is 16.6. The third-order valence-corrected chi connectivity index (χ3v) is 3.67. The Balaban J connectivity index is 1.77. The highest BCUT2D eigenvalue weighted by Crippen LogP contribution is 2.31. The lowest BCUT2D eigenvalue weighted by Gasteiger charge is -2.14. The number of carbonyl (C=O) groups is 1. The molecule has 0 aliphatic rings. The fourth-order valence-corrected chi connectivity index (χ4v) is 2.41. The molecule has 0 fully saturated rings. The maximum absolute atomic E-state index is 13.6. The molecule has 5 heteroatoms. The van der Waals surface area contributed by atoms with Crippen LogP contribution in [0.1, 0.15) is 15.9 Å². The second kappa shape index (κ2) is 6.42. The fourth-order valence-electron chi connectivity index (χ4n) is 2.41. The van der Waals surface area contributed by atoms with Crippen molar-refractivity contribution in [3.8, 4) is 5.75 Å². The number of fused-ring (bicyclic) bond motifs is 1. The number of hydrazine groups is 1. The van der Waals surface area contributed by atoms with Crippen LogP contribution < -0.4 is 10.9 Å². The van der Waals surface area contributed by atoms with Gasteiger partial charge in [-0.25, -0.2) is 4.39 Å². The molecule has 3 aromatic carbocycles. The molecule has 4 nitrogen and oxygen atoms in total. The summed E-state index contributed by atoms with van der Waals surface area (Å²) in [4.78, 5) is 12.0. The second-order valence-electron chi connectivity index (χ2n) is 5.22. The highest BCUT2D eigenvalue weighted by molar-refractivity contribution is 5.95. The molecule has 0 heterocycles. The van der Waals surface area contributed by atoms with Crippen molar-refractivity contribution in [2.45, 2.75) is 0 Å². The first kappa shape index (κ1) is 15.6. The van der Waals surface area contributed by atoms with Gasteiger partial charge in [-0.05, 0) is 23.6 Å². The molecule has 3 aromatic rings. The predicted molar refractivity (Wildman–Crippen MR) is 91.6 cm³/mol. The topological polar surface area (TPSA) is 61.4 Å². The van der Waals surface area contributed by atoms with Crippen LogP contribution in [0.15, 0.2) is 67.2 Å². The van der Waals surface area contributed by atoms with E-state index in [1.807, 2.05) is 24.3 Å². The SMILES string of the molecule is C=C(NNC(=O)c1ccccc1F)c1ccc2ccccc2c1O. The number of hydrogen-bond donors (Lipinski definition) is 3. The van der Waals surface area contributed by atoms with Crippen LogP contribution in [-0.4, -0.2) is 11.0 Å². The Morgan fingerprint density at radius 1 is 0.917 bits per heavy atom. The van der Waals surface area contributed by atoms with E-state index in [0.29, 0.717) is 16.6 Å². The lowest BCUT2D eigenvalue weighted by atomic mass is 10.0. The Labute approximate surface area is 138 Å². The van der Waals surface area contributed by atoms with Crippen LogP contribution in [0.3, 0.4) is 0 Å². The molecule has 0 aliphatic heterocycles. The number of amides is 1. The van der Waals surface area contributed by atoms with Gasteiger partial charge in [0.1, 0.15) is 11.6 Å². The lowest BCUT2D eigenvalue weighted by Crippen LogP contribution is -2.36. The van der Waals surface area contributed by atoms with Crippen LogP contribution in [0.4, 0.5) is 4.39 Å². The second-order valence-corrected chi connectivity index (χ2v) is 5.22. The van der Waals surface area contributed by atoms with Crippen molar-refractivity contribution in [2.24, 2.45) is 0 Å². The zero-order valence-corrected chi connectivity index (χ0v) is 12.7. The van der Waals surface area contributed by atoms with Crippen molar-refractivity contribution >= 4 is 22.4 Å². The third-order valence-electron chi connectivity index (χ3n) is 3.67. The van der Waals surface area contributed by atoms with E-state index >= 15 is 0 Å². The van der Waals surface area contributed by atoms with Crippen LogP contribution in [0, 0.1) is 5.82 Å². The largest absolute Gasteiger partial charge is 0.507 e. The van der Waals surface area contributed by atoms with Crippen molar-refractivity contribution < 1.29 is 14.3 Å². The molecule has 0 spiro atoms. The van der Waals surface area contributed by atoms with Gasteiger partial charge < -0.3 is 5.11 Å². The third kappa shape index (κ3) is 2.92. The molecule has 3 rings (SSSR count). The number of phenolic OH excluding ortho intramolecular Hbond substituents is 1. The van der Waals surface area contributed by atoms with Crippen LogP contribution in [-0.2, 0) is 0 Å². The Bertz CT molecular complexity index is 938. The van der Waals surface area contributed by atoms with Crippen LogP contribution >= 0.6 is 0 Å². The van der Waals surface area contributed by atoms with Gasteiger partial charge in [0.15, 0.2) is 0 Å². The van der Waals surface area contributed by atoms with Gasteiger partial charge in [0.2, 0.25) is 0 Å². The summed E-state index contributed by atoms with van der Waals surface area (Å²) in [6.45, 7) is 3.80. The van der Waals surface area contributed by atoms with Crippen molar-refractivity contribution in [3.05, 3.63) is 84.2 Å². The molecular formula is C19H15FN2O2. The van der Waals surface area contributed by atoms with E-state index in [0.717, 1.165) is 5.39 Å². The number of benzene rings is 3. The molecule has 0 saturated heterocycles. The van der Waals surface area contributed by atoms with Gasteiger partial charge in [-0.1, -0.05) is 49.0 Å². The van der Waals surface area contributed by atoms with E-state index in [9.17, 15) is 14.3 Å². The summed E-state index contributed by atoms with van der Waals surface area (Å²) >= 11 is 0. The Morgan fingerprint density at radius 3 is 2.42 bits per heavy atom. The molecule has 0 bridgehead atoms. The average Bonchev–Trinajstić information content (AvgIpc) is 2.60. The average molecular weight is 322 g/mol. The number of halogens is 1. The van der Waals surface area contributed by atoms with E-state index in [2.05, 4.69) is 17.4 Å². The molecule has 0 aliphatic carbocycles. The Kier molecular flexibility index (Phi) is 4.16. The zero-order valence-electron chi connectivity index (χ0n) is 12.7. The van der Waals surface area contributed by atoms with Crippen molar-refractivity contribution in [1.82, 2.24) is 10.9 Å². The number of aromatic hydroxyl groups is 1. The maximum Gasteiger partial charge on any atom is 0.272 e. The summed E-state index contributed by atoms with van der Waals surface area (Å²) in [5.74, 6) is -1.18. The van der Waals surface area contributed by atoms with E-state index in [1.54, 1.807) is 18.2 Å². The summed E-state index contributed by atoms with van der Waals surface area (Å²) in [7, 11) is 0. The molecule has 0 aromatic heterocycles. The van der Waals surface area contributed by atoms with Gasteiger partial charge in [0.25, 0.3) is 5.91 Å². The van der Waals surface area contributed by atoms with Gasteiger partial charge in [0.05, 0.1) is 11.3 Å². The molecule has 0 atom stereocenters.